The second-order valence-corrected chi connectivity index (χ2v) is 5.25. The summed E-state index contributed by atoms with van der Waals surface area (Å²) in [6, 6.07) is 3.50. The fourth-order valence-corrected chi connectivity index (χ4v) is 2.49. The van der Waals surface area contributed by atoms with Crippen molar-refractivity contribution < 1.29 is 18.7 Å². The van der Waals surface area contributed by atoms with E-state index in [1.54, 1.807) is 23.2 Å². The molecule has 1 fully saturated rings. The Balaban J connectivity index is 1.65. The van der Waals surface area contributed by atoms with Crippen molar-refractivity contribution in [1.29, 1.82) is 0 Å². The molecule has 1 aliphatic heterocycles. The molecule has 0 spiro atoms. The van der Waals surface area contributed by atoms with Crippen LogP contribution in [-0.4, -0.2) is 51.6 Å². The first kappa shape index (κ1) is 16.1. The van der Waals surface area contributed by atoms with Gasteiger partial charge in [-0.05, 0) is 19.1 Å². The van der Waals surface area contributed by atoms with Crippen LogP contribution < -0.4 is 9.47 Å². The normalized spacial score (nSPS) is 16.9. The molecule has 126 valence electrons. The Morgan fingerprint density at radius 3 is 2.92 bits per heavy atom. The number of nitrogens with zero attached hydrogens (tertiary/aromatic N) is 4. The van der Waals surface area contributed by atoms with E-state index < -0.39 is 5.82 Å². The van der Waals surface area contributed by atoms with Crippen LogP contribution in [0.1, 0.15) is 23.7 Å². The third kappa shape index (κ3) is 3.58. The Morgan fingerprint density at radius 2 is 2.17 bits per heavy atom. The number of amides is 1. The topological polar surface area (TPSA) is 77.4 Å². The predicted molar refractivity (Wildman–Crippen MR) is 82.3 cm³/mol. The maximum atomic E-state index is 12.8. The highest BCUT2D eigenvalue weighted by Gasteiger charge is 2.30. The molecule has 0 aliphatic carbocycles. The van der Waals surface area contributed by atoms with E-state index in [4.69, 9.17) is 9.47 Å². The summed E-state index contributed by atoms with van der Waals surface area (Å²) in [6.07, 6.45) is 4.10. The maximum Gasteiger partial charge on any atom is 0.316 e. The van der Waals surface area contributed by atoms with Gasteiger partial charge in [-0.25, -0.2) is 19.3 Å². The van der Waals surface area contributed by atoms with Gasteiger partial charge in [0.05, 0.1) is 25.5 Å². The lowest BCUT2D eigenvalue weighted by atomic mass is 10.2. The molecule has 3 rings (SSSR count). The van der Waals surface area contributed by atoms with Gasteiger partial charge in [0.1, 0.15) is 11.7 Å². The second kappa shape index (κ2) is 7.20. The number of carbonyl (C=O) groups is 1. The van der Waals surface area contributed by atoms with Crippen LogP contribution in [0.25, 0.3) is 0 Å². The molecule has 0 aromatic carbocycles. The van der Waals surface area contributed by atoms with Crippen LogP contribution in [0, 0.1) is 5.82 Å². The van der Waals surface area contributed by atoms with Crippen molar-refractivity contribution in [2.24, 2.45) is 0 Å². The van der Waals surface area contributed by atoms with Gasteiger partial charge in [0.25, 0.3) is 5.91 Å². The molecular weight excluding hydrogens is 315 g/mol. The van der Waals surface area contributed by atoms with E-state index in [0.717, 1.165) is 12.4 Å². The number of likely N-dealkylation sites (tertiary alicyclic amines) is 1. The van der Waals surface area contributed by atoms with E-state index in [2.05, 4.69) is 15.0 Å². The lowest BCUT2D eigenvalue weighted by molar-refractivity contribution is 0.0764. The minimum Gasteiger partial charge on any atom is -0.477 e. The summed E-state index contributed by atoms with van der Waals surface area (Å²) in [7, 11) is 0. The van der Waals surface area contributed by atoms with Crippen LogP contribution >= 0.6 is 0 Å². The zero-order valence-electron chi connectivity index (χ0n) is 13.2. The zero-order chi connectivity index (χ0) is 16.9. The van der Waals surface area contributed by atoms with E-state index in [1.165, 1.54) is 0 Å². The standard InChI is InChI=1S/C16H17FN4O3/c1-2-23-14-13(4-3-6-18-14)15(22)21-7-5-12(10-21)24-16-19-8-11(17)9-20-16/h3-4,6,8-9,12H,2,5,7,10H2,1H3. The highest BCUT2D eigenvalue weighted by molar-refractivity contribution is 5.96. The third-order valence-corrected chi connectivity index (χ3v) is 3.58. The number of halogens is 1. The molecule has 2 aromatic heterocycles. The fourth-order valence-electron chi connectivity index (χ4n) is 2.49. The van der Waals surface area contributed by atoms with Gasteiger partial charge < -0.3 is 14.4 Å². The summed E-state index contributed by atoms with van der Waals surface area (Å²) in [6.45, 7) is 3.22. The molecule has 2 aromatic rings. The van der Waals surface area contributed by atoms with Crippen LogP contribution in [0.3, 0.4) is 0 Å². The average molecular weight is 332 g/mol. The Morgan fingerprint density at radius 1 is 1.38 bits per heavy atom. The van der Waals surface area contributed by atoms with Gasteiger partial charge in [-0.1, -0.05) is 0 Å². The number of rotatable bonds is 5. The number of ether oxygens (including phenoxy) is 2. The van der Waals surface area contributed by atoms with Crippen molar-refractivity contribution in [1.82, 2.24) is 19.9 Å². The smallest absolute Gasteiger partial charge is 0.316 e. The molecule has 7 nitrogen and oxygen atoms in total. The van der Waals surface area contributed by atoms with Crippen molar-refractivity contribution in [3.05, 3.63) is 42.1 Å². The summed E-state index contributed by atoms with van der Waals surface area (Å²) < 4.78 is 23.8. The molecule has 8 heteroatoms. The highest BCUT2D eigenvalue weighted by atomic mass is 19.1. The van der Waals surface area contributed by atoms with Crippen molar-refractivity contribution >= 4 is 5.91 Å². The summed E-state index contributed by atoms with van der Waals surface area (Å²) >= 11 is 0. The van der Waals surface area contributed by atoms with E-state index in [9.17, 15) is 9.18 Å². The molecule has 0 bridgehead atoms. The van der Waals surface area contributed by atoms with E-state index in [0.29, 0.717) is 37.6 Å². The molecular formula is C16H17FN4O3. The van der Waals surface area contributed by atoms with Gasteiger partial charge in [-0.2, -0.15) is 0 Å². The van der Waals surface area contributed by atoms with Crippen LogP contribution in [-0.2, 0) is 0 Å². The Hall–Kier alpha value is -2.77. The number of hydrogen-bond acceptors (Lipinski definition) is 6. The number of carbonyl (C=O) groups excluding carboxylic acids is 1. The number of aromatic nitrogens is 3. The zero-order valence-corrected chi connectivity index (χ0v) is 13.2. The quantitative estimate of drug-likeness (QED) is 0.829. The van der Waals surface area contributed by atoms with Crippen molar-refractivity contribution in [3.63, 3.8) is 0 Å². The largest absolute Gasteiger partial charge is 0.477 e. The van der Waals surface area contributed by atoms with Gasteiger partial charge in [-0.3, -0.25) is 4.79 Å². The first-order valence-electron chi connectivity index (χ1n) is 7.68. The first-order valence-corrected chi connectivity index (χ1v) is 7.68. The van der Waals surface area contributed by atoms with Crippen LogP contribution in [0.5, 0.6) is 11.9 Å². The average Bonchev–Trinajstić information content (AvgIpc) is 3.06. The molecule has 0 N–H and O–H groups in total. The number of hydrogen-bond donors (Lipinski definition) is 0. The van der Waals surface area contributed by atoms with Crippen LogP contribution in [0.2, 0.25) is 0 Å². The first-order chi connectivity index (χ1) is 11.7. The van der Waals surface area contributed by atoms with Crippen molar-refractivity contribution in [2.45, 2.75) is 19.4 Å². The molecule has 0 radical (unpaired) electrons. The van der Waals surface area contributed by atoms with Gasteiger partial charge in [0.15, 0.2) is 5.82 Å². The van der Waals surface area contributed by atoms with Crippen molar-refractivity contribution in [2.75, 3.05) is 19.7 Å². The SMILES string of the molecule is CCOc1ncccc1C(=O)N1CCC(Oc2ncc(F)cn2)C1. The predicted octanol–water partition coefficient (Wildman–Crippen LogP) is 1.70. The minimum absolute atomic E-state index is 0.104. The third-order valence-electron chi connectivity index (χ3n) is 3.58. The van der Waals surface area contributed by atoms with E-state index >= 15 is 0 Å². The summed E-state index contributed by atoms with van der Waals surface area (Å²) in [5.41, 5.74) is 0.429. The van der Waals surface area contributed by atoms with E-state index in [-0.39, 0.29) is 18.0 Å². The molecule has 0 saturated carbocycles. The molecule has 1 atom stereocenters. The minimum atomic E-state index is -0.523. The molecule has 24 heavy (non-hydrogen) atoms. The monoisotopic (exact) mass is 332 g/mol. The second-order valence-electron chi connectivity index (χ2n) is 5.25. The molecule has 1 aliphatic rings. The van der Waals surface area contributed by atoms with Gasteiger partial charge in [0.2, 0.25) is 5.88 Å². The molecule has 1 amide bonds. The Kier molecular flexibility index (Phi) is 4.83. The summed E-state index contributed by atoms with van der Waals surface area (Å²) in [5, 5.41) is 0. The Labute approximate surface area is 138 Å². The molecule has 1 unspecified atom stereocenters. The lowest BCUT2D eigenvalue weighted by Gasteiger charge is -2.18. The fraction of sp³-hybridized carbons (Fsp3) is 0.375. The van der Waals surface area contributed by atoms with Gasteiger partial charge in [0, 0.05) is 19.2 Å². The van der Waals surface area contributed by atoms with Crippen LogP contribution in [0.15, 0.2) is 30.7 Å². The maximum absolute atomic E-state index is 12.8. The van der Waals surface area contributed by atoms with Crippen LogP contribution in [0.4, 0.5) is 4.39 Å². The van der Waals surface area contributed by atoms with E-state index in [1.807, 2.05) is 6.92 Å². The van der Waals surface area contributed by atoms with Gasteiger partial charge in [-0.15, -0.1) is 0 Å². The summed E-state index contributed by atoms with van der Waals surface area (Å²) in [5.74, 6) is -0.348. The van der Waals surface area contributed by atoms with Crippen molar-refractivity contribution in [3.8, 4) is 11.9 Å². The number of pyridine rings is 1. The molecule has 1 saturated heterocycles. The molecule has 3 heterocycles. The summed E-state index contributed by atoms with van der Waals surface area (Å²) in [4.78, 5) is 26.0. The Bertz CT molecular complexity index is 711. The lowest BCUT2D eigenvalue weighted by Crippen LogP contribution is -2.31. The highest BCUT2D eigenvalue weighted by Crippen LogP contribution is 2.21. The van der Waals surface area contributed by atoms with Gasteiger partial charge >= 0.3 is 6.01 Å².